The summed E-state index contributed by atoms with van der Waals surface area (Å²) in [5.41, 5.74) is 0. The van der Waals surface area contributed by atoms with Crippen molar-refractivity contribution in [1.29, 1.82) is 0 Å². The standard InChI is InChI=1S/C52H86O17P2/c1-3-5-7-9-11-12-13-14-15-16-17-18-19-20-21-22-23-28-32-36-40-46(55)67-44(42-66-71(63,64)69-52-49(58)47(56)48(57)51(50(52)59)68-70(60,61)62)41-65-45(54)39-35-31-27-25-24-26-30-34-38-43(53)37-33-29-10-8-6-4-2/h6,8,12-13,15-16,18-19,25-27,29-30,33-34,38,43-44,47-53,56-59H,3-5,7,9-11,14,17,20-24,28,31-32,35-37,39-42H2,1-2H3,(H,63,64)(H2,60,61,62)/b8-6-,13-12-,16-15-,19-18-,27-25-,30-26-,33-29-,38-34+/t43?,44-,47?,48?,49?,50?,51-,52+/m1/s1. The van der Waals surface area contributed by atoms with Gasteiger partial charge in [0.25, 0.3) is 0 Å². The first-order valence-electron chi connectivity index (χ1n) is 25.4. The largest absolute Gasteiger partial charge is 0.472 e. The number of esters is 2. The Hall–Kier alpha value is -3.12. The Morgan fingerprint density at radius 3 is 1.65 bits per heavy atom. The van der Waals surface area contributed by atoms with Gasteiger partial charge in [-0.15, -0.1) is 0 Å². The summed E-state index contributed by atoms with van der Waals surface area (Å²) in [6.45, 7) is 2.85. The molecule has 0 heterocycles. The summed E-state index contributed by atoms with van der Waals surface area (Å²) < 4.78 is 49.4. The Kier molecular flexibility index (Phi) is 38.3. The molecule has 0 bridgehead atoms. The highest BCUT2D eigenvalue weighted by Crippen LogP contribution is 2.49. The molecule has 17 nitrogen and oxygen atoms in total. The van der Waals surface area contributed by atoms with Gasteiger partial charge in [-0.25, -0.2) is 9.13 Å². The lowest BCUT2D eigenvalue weighted by Crippen LogP contribution is -2.64. The molecule has 0 aromatic rings. The second-order valence-corrected chi connectivity index (χ2v) is 19.9. The summed E-state index contributed by atoms with van der Waals surface area (Å²) in [6.07, 6.45) is 35.2. The number of aliphatic hydroxyl groups is 5. The number of aliphatic hydroxyl groups excluding tert-OH is 5. The number of phosphoric ester groups is 2. The maximum Gasteiger partial charge on any atom is 0.472 e. The van der Waals surface area contributed by atoms with E-state index in [9.17, 15) is 58.9 Å². The molecule has 0 radical (unpaired) electrons. The molecule has 8 N–H and O–H groups in total. The number of hydrogen-bond acceptors (Lipinski definition) is 14. The van der Waals surface area contributed by atoms with Crippen molar-refractivity contribution in [3.8, 4) is 0 Å². The molecule has 0 amide bonds. The number of carbonyl (C=O) groups excluding carboxylic acids is 2. The SMILES string of the molecule is CC/C=C\C/C=C\CC(O)/C=C/C=C\C/C=C\CCCC(=O)OC[C@H](COP(=O)(O)O[C@H]1C(O)C(O)C(O)[C@@H](OP(=O)(O)O)C1O)OC(=O)CCCCCCCC/C=C\C/C=C\C/C=C\CCCCCC. The zero-order valence-corrected chi connectivity index (χ0v) is 43.8. The van der Waals surface area contributed by atoms with Gasteiger partial charge in [0, 0.05) is 12.8 Å². The fourth-order valence-corrected chi connectivity index (χ4v) is 8.57. The van der Waals surface area contributed by atoms with Gasteiger partial charge >= 0.3 is 27.6 Å². The number of unbranched alkanes of at least 4 members (excludes halogenated alkanes) is 11. The quantitative estimate of drug-likeness (QED) is 0.00931. The predicted molar refractivity (Wildman–Crippen MR) is 274 cm³/mol. The molecule has 9 atom stereocenters. The zero-order valence-electron chi connectivity index (χ0n) is 42.0. The highest BCUT2D eigenvalue weighted by atomic mass is 31.2. The van der Waals surface area contributed by atoms with Crippen molar-refractivity contribution in [3.63, 3.8) is 0 Å². The van der Waals surface area contributed by atoms with Gasteiger partial charge in [-0.3, -0.25) is 23.2 Å². The molecule has 71 heavy (non-hydrogen) atoms. The highest BCUT2D eigenvalue weighted by molar-refractivity contribution is 7.47. The summed E-state index contributed by atoms with van der Waals surface area (Å²) in [5, 5.41) is 51.4. The van der Waals surface area contributed by atoms with Crippen molar-refractivity contribution in [1.82, 2.24) is 0 Å². The van der Waals surface area contributed by atoms with Crippen LogP contribution >= 0.6 is 15.6 Å². The van der Waals surface area contributed by atoms with E-state index in [1.165, 1.54) is 25.7 Å². The Balaban J connectivity index is 2.63. The average Bonchev–Trinajstić information content (AvgIpc) is 3.32. The number of phosphoric acid groups is 2. The smallest absolute Gasteiger partial charge is 0.462 e. The molecule has 0 saturated heterocycles. The van der Waals surface area contributed by atoms with Crippen LogP contribution in [0.4, 0.5) is 0 Å². The summed E-state index contributed by atoms with van der Waals surface area (Å²) in [5.74, 6) is -1.34. The molecule has 0 aliphatic heterocycles. The Labute approximate surface area is 422 Å². The van der Waals surface area contributed by atoms with E-state index in [1.54, 1.807) is 12.2 Å². The predicted octanol–water partition coefficient (Wildman–Crippen LogP) is 9.31. The van der Waals surface area contributed by atoms with Gasteiger partial charge in [-0.2, -0.15) is 0 Å². The second-order valence-electron chi connectivity index (χ2n) is 17.3. The minimum absolute atomic E-state index is 0.000835. The van der Waals surface area contributed by atoms with Crippen molar-refractivity contribution in [3.05, 3.63) is 97.2 Å². The summed E-state index contributed by atoms with van der Waals surface area (Å²) in [4.78, 5) is 54.4. The third-order valence-electron chi connectivity index (χ3n) is 11.0. The van der Waals surface area contributed by atoms with Crippen LogP contribution in [0.3, 0.4) is 0 Å². The Morgan fingerprint density at radius 1 is 0.535 bits per heavy atom. The van der Waals surface area contributed by atoms with E-state index in [0.717, 1.165) is 70.6 Å². The molecule has 1 rings (SSSR count). The molecule has 1 aliphatic rings. The summed E-state index contributed by atoms with van der Waals surface area (Å²) in [6, 6.07) is 0. The number of rotatable bonds is 41. The lowest BCUT2D eigenvalue weighted by atomic mass is 9.85. The topological polar surface area (TPSA) is 276 Å². The first-order valence-corrected chi connectivity index (χ1v) is 28.4. The van der Waals surface area contributed by atoms with Crippen LogP contribution in [0.5, 0.6) is 0 Å². The van der Waals surface area contributed by atoms with E-state index < -0.39 is 89.6 Å². The summed E-state index contributed by atoms with van der Waals surface area (Å²) in [7, 11) is -10.7. The van der Waals surface area contributed by atoms with Crippen LogP contribution < -0.4 is 0 Å². The fraction of sp³-hybridized carbons (Fsp3) is 0.654. The molecule has 406 valence electrons. The number of ether oxygens (including phenoxy) is 2. The third-order valence-corrected chi connectivity index (χ3v) is 12.5. The molecule has 0 aromatic carbocycles. The third kappa shape index (κ3) is 35.6. The van der Waals surface area contributed by atoms with Gasteiger partial charge in [0.1, 0.15) is 43.2 Å². The van der Waals surface area contributed by atoms with Gasteiger partial charge in [-0.05, 0) is 83.5 Å². The van der Waals surface area contributed by atoms with E-state index in [-0.39, 0.29) is 12.8 Å². The molecule has 1 saturated carbocycles. The molecule has 0 spiro atoms. The number of hydrogen-bond donors (Lipinski definition) is 8. The van der Waals surface area contributed by atoms with Crippen molar-refractivity contribution in [2.24, 2.45) is 0 Å². The van der Waals surface area contributed by atoms with Crippen LogP contribution in [0.15, 0.2) is 97.2 Å². The van der Waals surface area contributed by atoms with Crippen LogP contribution in [0.1, 0.15) is 155 Å². The lowest BCUT2D eigenvalue weighted by molar-refractivity contribution is -0.216. The van der Waals surface area contributed by atoms with E-state index >= 15 is 0 Å². The lowest BCUT2D eigenvalue weighted by Gasteiger charge is -2.43. The maximum atomic E-state index is 13.0. The van der Waals surface area contributed by atoms with Crippen molar-refractivity contribution in [2.45, 2.75) is 204 Å². The molecule has 1 fully saturated rings. The molecular weight excluding hydrogens is 959 g/mol. The minimum atomic E-state index is -5.39. The first-order chi connectivity index (χ1) is 34.0. The maximum absolute atomic E-state index is 13.0. The minimum Gasteiger partial charge on any atom is -0.462 e. The van der Waals surface area contributed by atoms with E-state index in [4.69, 9.17) is 18.5 Å². The van der Waals surface area contributed by atoms with Gasteiger partial charge < -0.3 is 49.7 Å². The van der Waals surface area contributed by atoms with Crippen molar-refractivity contribution < 1.29 is 82.0 Å². The van der Waals surface area contributed by atoms with Gasteiger partial charge in [-0.1, -0.05) is 156 Å². The van der Waals surface area contributed by atoms with E-state index in [1.807, 2.05) is 36.5 Å². The highest BCUT2D eigenvalue weighted by Gasteiger charge is 2.54. The normalized spacial score (nSPS) is 22.1. The van der Waals surface area contributed by atoms with Crippen LogP contribution in [-0.4, -0.2) is 114 Å². The molecule has 6 unspecified atom stereocenters. The first kappa shape index (κ1) is 65.9. The monoisotopic (exact) mass is 1040 g/mol. The van der Waals surface area contributed by atoms with Crippen LogP contribution in [0, 0.1) is 0 Å². The van der Waals surface area contributed by atoms with Crippen molar-refractivity contribution >= 4 is 27.6 Å². The van der Waals surface area contributed by atoms with Gasteiger partial charge in [0.05, 0.1) is 12.7 Å². The van der Waals surface area contributed by atoms with Gasteiger partial charge in [0.15, 0.2) is 6.10 Å². The molecule has 19 heteroatoms. The molecular formula is C52H86O17P2. The van der Waals surface area contributed by atoms with Crippen LogP contribution in [0.25, 0.3) is 0 Å². The molecule has 0 aromatic heterocycles. The Bertz CT molecular complexity index is 1750. The van der Waals surface area contributed by atoms with Gasteiger partial charge in [0.2, 0.25) is 0 Å². The van der Waals surface area contributed by atoms with Crippen LogP contribution in [0.2, 0.25) is 0 Å². The van der Waals surface area contributed by atoms with Crippen molar-refractivity contribution in [2.75, 3.05) is 13.2 Å². The fourth-order valence-electron chi connectivity index (χ4n) is 7.03. The number of allylic oxidation sites excluding steroid dienone is 14. The average molecular weight is 1050 g/mol. The zero-order chi connectivity index (χ0) is 52.6. The molecule has 1 aliphatic carbocycles. The summed E-state index contributed by atoms with van der Waals surface area (Å²) >= 11 is 0. The van der Waals surface area contributed by atoms with Crippen LogP contribution in [-0.2, 0) is 41.8 Å². The van der Waals surface area contributed by atoms with E-state index in [0.29, 0.717) is 32.1 Å². The Morgan fingerprint density at radius 2 is 1.04 bits per heavy atom. The number of carbonyl (C=O) groups is 2. The van der Waals surface area contributed by atoms with E-state index in [2.05, 4.69) is 67.0 Å². The second kappa shape index (κ2) is 41.3.